The van der Waals surface area contributed by atoms with Gasteiger partial charge in [-0.3, -0.25) is 4.98 Å². The van der Waals surface area contributed by atoms with Gasteiger partial charge in [-0.05, 0) is 35.0 Å². The van der Waals surface area contributed by atoms with Crippen LogP contribution in [0.4, 0.5) is 0 Å². The fourth-order valence-corrected chi connectivity index (χ4v) is 3.69. The van der Waals surface area contributed by atoms with Crippen molar-refractivity contribution < 1.29 is 4.65 Å². The molecule has 4 aromatic rings. The molecule has 1 heterocycles. The second-order valence-corrected chi connectivity index (χ2v) is 7.02. The molecule has 0 N–H and O–H groups in total. The summed E-state index contributed by atoms with van der Waals surface area (Å²) < 4.78 is 6.87. The van der Waals surface area contributed by atoms with Crippen molar-refractivity contribution in [2.45, 2.75) is 26.9 Å². The minimum Gasteiger partial charge on any atom is -0.414 e. The van der Waals surface area contributed by atoms with Gasteiger partial charge in [-0.15, -0.1) is 0 Å². The number of nitrogens with zero attached hydrogens (tertiary/aromatic N) is 1. The second-order valence-electron chi connectivity index (χ2n) is 7.02. The molecule has 0 amide bonds. The summed E-state index contributed by atoms with van der Waals surface area (Å²) in [7, 11) is 0. The third-order valence-corrected chi connectivity index (χ3v) is 5.15. The summed E-state index contributed by atoms with van der Waals surface area (Å²) >= 11 is 0. The average molecular weight is 393 g/mol. The van der Waals surface area contributed by atoms with Crippen LogP contribution in [0.15, 0.2) is 109 Å². The zero-order valence-electron chi connectivity index (χ0n) is 16.6. The predicted octanol–water partition coefficient (Wildman–Crippen LogP) is 5.19. The lowest BCUT2D eigenvalue weighted by molar-refractivity contribution is 0.253. The molecule has 0 saturated heterocycles. The van der Waals surface area contributed by atoms with E-state index in [1.54, 1.807) is 0 Å². The highest BCUT2D eigenvalue weighted by Crippen LogP contribution is 2.25. The van der Waals surface area contributed by atoms with Crippen LogP contribution in [0.2, 0.25) is 0 Å². The number of rotatable bonds is 7. The monoisotopic (exact) mass is 393 g/mol. The van der Waals surface area contributed by atoms with Crippen molar-refractivity contribution in [2.24, 2.45) is 0 Å². The topological polar surface area (TPSA) is 22.1 Å². The molecule has 0 saturated carbocycles. The Morgan fingerprint density at radius 1 is 0.767 bits per heavy atom. The molecule has 0 aliphatic rings. The summed E-state index contributed by atoms with van der Waals surface area (Å²) in [4.78, 5) is 4.61. The maximum absolute atomic E-state index is 6.87. The smallest absolute Gasteiger partial charge is 0.362 e. The van der Waals surface area contributed by atoms with E-state index in [4.69, 9.17) is 4.65 Å². The van der Waals surface area contributed by atoms with Crippen LogP contribution in [0.1, 0.15) is 37.3 Å². The van der Waals surface area contributed by atoms with Gasteiger partial charge in [0, 0.05) is 6.20 Å². The number of hydrogen-bond donors (Lipinski definition) is 0. The first-order valence-electron chi connectivity index (χ1n) is 10.1. The minimum absolute atomic E-state index is 0. The molecule has 0 bridgehead atoms. The Morgan fingerprint density at radius 3 is 2.07 bits per heavy atom. The zero-order valence-corrected chi connectivity index (χ0v) is 16.6. The Balaban J connectivity index is 0.00000256. The Hall–Kier alpha value is -3.17. The normalized spacial score (nSPS) is 11.4. The zero-order chi connectivity index (χ0) is 19.9. The van der Waals surface area contributed by atoms with Crippen LogP contribution in [0, 0.1) is 0 Å². The van der Waals surface area contributed by atoms with Gasteiger partial charge in [0.2, 0.25) is 0 Å². The van der Waals surface area contributed by atoms with E-state index in [1.165, 1.54) is 11.0 Å². The Labute approximate surface area is 180 Å². The summed E-state index contributed by atoms with van der Waals surface area (Å²) in [5, 5.41) is 0. The lowest BCUT2D eigenvalue weighted by Crippen LogP contribution is -2.47. The van der Waals surface area contributed by atoms with Crippen molar-refractivity contribution in [2.75, 3.05) is 0 Å². The van der Waals surface area contributed by atoms with Crippen molar-refractivity contribution in [3.63, 3.8) is 0 Å². The first-order valence-corrected chi connectivity index (χ1v) is 10.1. The van der Waals surface area contributed by atoms with E-state index in [0.29, 0.717) is 0 Å². The molecular weight excluding hydrogens is 365 g/mol. The standard InChI is InChI=1S/C26H24BNO.CH4/c1-2-21-13-9-10-18-24(21)27(23-16-7-4-8-17-23)29-26(22-14-5-3-6-15-22)25-19-11-12-20-28-25;/h3-20,26H,2H2,1H3;1H4. The van der Waals surface area contributed by atoms with Crippen molar-refractivity contribution in [3.8, 4) is 0 Å². The number of hydrogen-bond acceptors (Lipinski definition) is 2. The molecule has 0 aliphatic carbocycles. The second kappa shape index (κ2) is 10.6. The van der Waals surface area contributed by atoms with E-state index >= 15 is 0 Å². The Kier molecular flexibility index (Phi) is 7.59. The van der Waals surface area contributed by atoms with Gasteiger partial charge in [0.15, 0.2) is 0 Å². The largest absolute Gasteiger partial charge is 0.414 e. The van der Waals surface area contributed by atoms with E-state index in [1.807, 2.05) is 48.7 Å². The molecule has 2 nitrogen and oxygen atoms in total. The molecule has 150 valence electrons. The number of pyridine rings is 1. The quantitative estimate of drug-likeness (QED) is 0.403. The highest BCUT2D eigenvalue weighted by molar-refractivity contribution is 6.80. The maximum atomic E-state index is 6.87. The molecule has 1 aromatic heterocycles. The molecular formula is C27H28BNO. The molecule has 3 heteroatoms. The predicted molar refractivity (Wildman–Crippen MR) is 128 cm³/mol. The van der Waals surface area contributed by atoms with Crippen LogP contribution in [-0.4, -0.2) is 11.9 Å². The first-order chi connectivity index (χ1) is 14.4. The van der Waals surface area contributed by atoms with Gasteiger partial charge < -0.3 is 4.65 Å². The van der Waals surface area contributed by atoms with E-state index in [2.05, 4.69) is 72.6 Å². The Bertz CT molecular complexity index is 983. The van der Waals surface area contributed by atoms with Gasteiger partial charge in [0.05, 0.1) is 5.69 Å². The summed E-state index contributed by atoms with van der Waals surface area (Å²) in [6.45, 7) is 2.01. The molecule has 0 spiro atoms. The van der Waals surface area contributed by atoms with Crippen molar-refractivity contribution in [3.05, 3.63) is 126 Å². The van der Waals surface area contributed by atoms with E-state index in [0.717, 1.165) is 23.1 Å². The van der Waals surface area contributed by atoms with E-state index in [-0.39, 0.29) is 20.4 Å². The van der Waals surface area contributed by atoms with Crippen LogP contribution in [0.25, 0.3) is 0 Å². The molecule has 1 atom stereocenters. The summed E-state index contributed by atoms with van der Waals surface area (Å²) in [5.41, 5.74) is 5.66. The number of benzene rings is 3. The van der Waals surface area contributed by atoms with Gasteiger partial charge in [-0.2, -0.15) is 0 Å². The third kappa shape index (κ3) is 4.87. The van der Waals surface area contributed by atoms with Gasteiger partial charge in [-0.25, -0.2) is 0 Å². The summed E-state index contributed by atoms with van der Waals surface area (Å²) in [6, 6.07) is 35.3. The van der Waals surface area contributed by atoms with Crippen LogP contribution in [0.3, 0.4) is 0 Å². The minimum atomic E-state index is -0.257. The van der Waals surface area contributed by atoms with Crippen molar-refractivity contribution in [1.29, 1.82) is 0 Å². The molecule has 0 aliphatic heterocycles. The Morgan fingerprint density at radius 2 is 1.40 bits per heavy atom. The molecule has 0 radical (unpaired) electrons. The van der Waals surface area contributed by atoms with Gasteiger partial charge in [0.1, 0.15) is 6.10 Å². The highest BCUT2D eigenvalue weighted by atomic mass is 16.4. The fraction of sp³-hybridized carbons (Fsp3) is 0.148. The fourth-order valence-electron chi connectivity index (χ4n) is 3.69. The molecule has 3 aromatic carbocycles. The number of aromatic nitrogens is 1. The SMILES string of the molecule is C.CCc1ccccc1B(OC(c1ccccc1)c1ccccn1)c1ccccc1. The van der Waals surface area contributed by atoms with Crippen LogP contribution < -0.4 is 10.9 Å². The molecule has 30 heavy (non-hydrogen) atoms. The van der Waals surface area contributed by atoms with Crippen molar-refractivity contribution in [1.82, 2.24) is 4.98 Å². The summed E-state index contributed by atoms with van der Waals surface area (Å²) in [6.07, 6.45) is 2.53. The maximum Gasteiger partial charge on any atom is 0.362 e. The number of aryl methyl sites for hydroxylation is 1. The van der Waals surface area contributed by atoms with Crippen LogP contribution in [0.5, 0.6) is 0 Å². The molecule has 0 fully saturated rings. The van der Waals surface area contributed by atoms with Gasteiger partial charge >= 0.3 is 6.92 Å². The van der Waals surface area contributed by atoms with E-state index in [9.17, 15) is 0 Å². The molecule has 1 unspecified atom stereocenters. The lowest BCUT2D eigenvalue weighted by Gasteiger charge is -2.25. The average Bonchev–Trinajstić information content (AvgIpc) is 2.81. The molecule has 4 rings (SSSR count). The summed E-state index contributed by atoms with van der Waals surface area (Å²) in [5.74, 6) is 0. The highest BCUT2D eigenvalue weighted by Gasteiger charge is 2.29. The lowest BCUT2D eigenvalue weighted by atomic mass is 9.53. The van der Waals surface area contributed by atoms with Gasteiger partial charge in [0.25, 0.3) is 0 Å². The third-order valence-electron chi connectivity index (χ3n) is 5.15. The first kappa shape index (κ1) is 21.5. The van der Waals surface area contributed by atoms with Crippen LogP contribution >= 0.6 is 0 Å². The van der Waals surface area contributed by atoms with Gasteiger partial charge in [-0.1, -0.05) is 111 Å². The van der Waals surface area contributed by atoms with Crippen LogP contribution in [-0.2, 0) is 11.1 Å². The van der Waals surface area contributed by atoms with Crippen molar-refractivity contribution >= 4 is 17.8 Å². The van der Waals surface area contributed by atoms with E-state index < -0.39 is 0 Å².